The van der Waals surface area contributed by atoms with Crippen molar-refractivity contribution >= 4 is 0 Å². The zero-order valence-corrected chi connectivity index (χ0v) is 7.77. The van der Waals surface area contributed by atoms with E-state index in [4.69, 9.17) is 5.11 Å². The fourth-order valence-corrected chi connectivity index (χ4v) is 1.39. The molecule has 0 aliphatic carbocycles. The Bertz CT molecular complexity index is 389. The topological polar surface area (TPSA) is 20.2 Å². The molecule has 0 unspecified atom stereocenters. The van der Waals surface area contributed by atoms with Gasteiger partial charge in [0.15, 0.2) is 0 Å². The first kappa shape index (κ1) is 8.82. The van der Waals surface area contributed by atoms with Crippen molar-refractivity contribution in [3.63, 3.8) is 0 Å². The highest BCUT2D eigenvalue weighted by Crippen LogP contribution is 2.13. The van der Waals surface area contributed by atoms with E-state index in [-0.39, 0.29) is 0 Å². The van der Waals surface area contributed by atoms with E-state index in [1.807, 2.05) is 30.3 Å². The van der Waals surface area contributed by atoms with Crippen LogP contribution in [0.4, 0.5) is 0 Å². The summed E-state index contributed by atoms with van der Waals surface area (Å²) in [6.45, 7) is 0. The van der Waals surface area contributed by atoms with E-state index >= 15 is 0 Å². The molecule has 0 aliphatic heterocycles. The molecule has 0 fully saturated rings. The van der Waals surface area contributed by atoms with Crippen LogP contribution in [0.3, 0.4) is 0 Å². The average Bonchev–Trinajstić information content (AvgIpc) is 2.23. The number of aromatic hydroxyl groups is 1. The SMILES string of the molecule is Oc1ccc(Cc2c[c]ccc2)cc1. The van der Waals surface area contributed by atoms with Crippen LogP contribution < -0.4 is 0 Å². The Morgan fingerprint density at radius 2 is 1.79 bits per heavy atom. The average molecular weight is 183 g/mol. The van der Waals surface area contributed by atoms with Gasteiger partial charge >= 0.3 is 0 Å². The van der Waals surface area contributed by atoms with Crippen LogP contribution in [-0.4, -0.2) is 5.11 Å². The van der Waals surface area contributed by atoms with Crippen LogP contribution in [0.1, 0.15) is 11.1 Å². The zero-order chi connectivity index (χ0) is 9.80. The molecule has 0 aromatic heterocycles. The molecule has 0 spiro atoms. The molecule has 14 heavy (non-hydrogen) atoms. The monoisotopic (exact) mass is 183 g/mol. The van der Waals surface area contributed by atoms with Crippen LogP contribution >= 0.6 is 0 Å². The predicted molar refractivity (Wildman–Crippen MR) is 56.2 cm³/mol. The lowest BCUT2D eigenvalue weighted by Crippen LogP contribution is -1.86. The third-order valence-electron chi connectivity index (χ3n) is 2.12. The summed E-state index contributed by atoms with van der Waals surface area (Å²) in [5.41, 5.74) is 2.43. The maximum Gasteiger partial charge on any atom is 0.115 e. The highest BCUT2D eigenvalue weighted by molar-refractivity contribution is 5.30. The highest BCUT2D eigenvalue weighted by atomic mass is 16.3. The molecule has 2 rings (SSSR count). The van der Waals surface area contributed by atoms with E-state index in [2.05, 4.69) is 12.1 Å². The number of benzene rings is 2. The molecule has 69 valence electrons. The molecule has 2 aromatic carbocycles. The van der Waals surface area contributed by atoms with Crippen LogP contribution in [0.5, 0.6) is 5.75 Å². The summed E-state index contributed by atoms with van der Waals surface area (Å²) in [6.07, 6.45) is 0.887. The zero-order valence-electron chi connectivity index (χ0n) is 7.77. The van der Waals surface area contributed by atoms with Gasteiger partial charge in [-0.1, -0.05) is 36.4 Å². The predicted octanol–water partition coefficient (Wildman–Crippen LogP) is 2.78. The van der Waals surface area contributed by atoms with Crippen LogP contribution in [0, 0.1) is 6.07 Å². The summed E-state index contributed by atoms with van der Waals surface area (Å²) >= 11 is 0. The van der Waals surface area contributed by atoms with E-state index in [9.17, 15) is 0 Å². The summed E-state index contributed by atoms with van der Waals surface area (Å²) in [6, 6.07) is 18.3. The van der Waals surface area contributed by atoms with Gasteiger partial charge in [-0.05, 0) is 35.7 Å². The lowest BCUT2D eigenvalue weighted by atomic mass is 10.1. The summed E-state index contributed by atoms with van der Waals surface area (Å²) in [7, 11) is 0. The Balaban J connectivity index is 2.16. The van der Waals surface area contributed by atoms with E-state index in [1.54, 1.807) is 12.1 Å². The second-order valence-corrected chi connectivity index (χ2v) is 3.25. The number of hydrogen-bond donors (Lipinski definition) is 1. The second-order valence-electron chi connectivity index (χ2n) is 3.25. The first-order chi connectivity index (χ1) is 6.84. The fraction of sp³-hybridized carbons (Fsp3) is 0.0769. The molecular formula is C13H11O. The van der Waals surface area contributed by atoms with E-state index in [0.717, 1.165) is 6.42 Å². The fourth-order valence-electron chi connectivity index (χ4n) is 1.39. The van der Waals surface area contributed by atoms with Crippen molar-refractivity contribution in [2.24, 2.45) is 0 Å². The van der Waals surface area contributed by atoms with Crippen molar-refractivity contribution in [1.29, 1.82) is 0 Å². The molecule has 1 heteroatoms. The van der Waals surface area contributed by atoms with Crippen molar-refractivity contribution in [2.45, 2.75) is 6.42 Å². The van der Waals surface area contributed by atoms with Crippen molar-refractivity contribution in [2.75, 3.05) is 0 Å². The quantitative estimate of drug-likeness (QED) is 0.759. The van der Waals surface area contributed by atoms with Gasteiger partial charge in [0.25, 0.3) is 0 Å². The molecule has 0 heterocycles. The first-order valence-corrected chi connectivity index (χ1v) is 4.57. The Morgan fingerprint density at radius 3 is 2.43 bits per heavy atom. The summed E-state index contributed by atoms with van der Waals surface area (Å²) in [4.78, 5) is 0. The Labute approximate surface area is 83.6 Å². The van der Waals surface area contributed by atoms with Crippen LogP contribution in [0.25, 0.3) is 0 Å². The molecule has 1 N–H and O–H groups in total. The van der Waals surface area contributed by atoms with Gasteiger partial charge < -0.3 is 5.11 Å². The number of rotatable bonds is 2. The van der Waals surface area contributed by atoms with Gasteiger partial charge in [-0.2, -0.15) is 0 Å². The first-order valence-electron chi connectivity index (χ1n) is 4.57. The lowest BCUT2D eigenvalue weighted by Gasteiger charge is -2.01. The maximum atomic E-state index is 9.12. The van der Waals surface area contributed by atoms with Crippen molar-refractivity contribution in [1.82, 2.24) is 0 Å². The van der Waals surface area contributed by atoms with Gasteiger partial charge in [0.2, 0.25) is 0 Å². The summed E-state index contributed by atoms with van der Waals surface area (Å²) < 4.78 is 0. The van der Waals surface area contributed by atoms with Gasteiger partial charge in [0, 0.05) is 0 Å². The van der Waals surface area contributed by atoms with Crippen LogP contribution in [-0.2, 0) is 6.42 Å². The Morgan fingerprint density at radius 1 is 1.00 bits per heavy atom. The number of hydrogen-bond acceptors (Lipinski definition) is 1. The lowest BCUT2D eigenvalue weighted by molar-refractivity contribution is 0.475. The molecule has 0 aliphatic rings. The van der Waals surface area contributed by atoms with Crippen molar-refractivity contribution in [3.8, 4) is 5.75 Å². The Kier molecular flexibility index (Phi) is 2.50. The molecule has 0 bridgehead atoms. The number of phenols is 1. The van der Waals surface area contributed by atoms with Crippen LogP contribution in [0.2, 0.25) is 0 Å². The Hall–Kier alpha value is -1.76. The molecule has 0 saturated carbocycles. The van der Waals surface area contributed by atoms with Crippen LogP contribution in [0.15, 0.2) is 48.5 Å². The minimum Gasteiger partial charge on any atom is -0.508 e. The summed E-state index contributed by atoms with van der Waals surface area (Å²) in [5, 5.41) is 9.12. The standard InChI is InChI=1S/C13H11O/c14-13-8-6-12(7-9-13)10-11-4-2-1-3-5-11/h1-2,4-9,14H,10H2. The molecule has 1 radical (unpaired) electrons. The molecule has 2 aromatic rings. The highest BCUT2D eigenvalue weighted by Gasteiger charge is 1.95. The number of phenolic OH excluding ortho intramolecular Hbond substituents is 1. The second kappa shape index (κ2) is 3.97. The molecular weight excluding hydrogens is 172 g/mol. The third kappa shape index (κ3) is 2.13. The normalized spacial score (nSPS) is 10.0. The maximum absolute atomic E-state index is 9.12. The molecule has 0 atom stereocenters. The summed E-state index contributed by atoms with van der Waals surface area (Å²) in [5.74, 6) is 0.313. The van der Waals surface area contributed by atoms with Gasteiger partial charge in [-0.25, -0.2) is 0 Å². The van der Waals surface area contributed by atoms with E-state index < -0.39 is 0 Å². The minimum absolute atomic E-state index is 0.313. The van der Waals surface area contributed by atoms with Gasteiger partial charge in [-0.3, -0.25) is 0 Å². The molecule has 1 nitrogen and oxygen atoms in total. The van der Waals surface area contributed by atoms with Crippen molar-refractivity contribution < 1.29 is 5.11 Å². The smallest absolute Gasteiger partial charge is 0.115 e. The minimum atomic E-state index is 0.313. The van der Waals surface area contributed by atoms with Gasteiger partial charge in [0.1, 0.15) is 5.75 Å². The van der Waals surface area contributed by atoms with Gasteiger partial charge in [-0.15, -0.1) is 0 Å². The molecule has 0 amide bonds. The largest absolute Gasteiger partial charge is 0.508 e. The van der Waals surface area contributed by atoms with E-state index in [1.165, 1.54) is 11.1 Å². The van der Waals surface area contributed by atoms with E-state index in [0.29, 0.717) is 5.75 Å². The third-order valence-corrected chi connectivity index (χ3v) is 2.12. The van der Waals surface area contributed by atoms with Gasteiger partial charge in [0.05, 0.1) is 0 Å². The molecule has 0 saturated heterocycles. The van der Waals surface area contributed by atoms with Crippen molar-refractivity contribution in [3.05, 3.63) is 65.7 Å².